The van der Waals surface area contributed by atoms with Gasteiger partial charge in [0, 0.05) is 24.3 Å². The largest absolute Gasteiger partial charge is 0.416 e. The molecule has 4 nitrogen and oxygen atoms in total. The fraction of sp³-hybridized carbons (Fsp3) is 0.435. The summed E-state index contributed by atoms with van der Waals surface area (Å²) in [7, 11) is 0. The van der Waals surface area contributed by atoms with Gasteiger partial charge in [0.15, 0.2) is 0 Å². The number of rotatable bonds is 5. The topological polar surface area (TPSA) is 52.6 Å². The summed E-state index contributed by atoms with van der Waals surface area (Å²) in [5.74, 6) is -0.414. The Labute approximate surface area is 174 Å². The van der Waals surface area contributed by atoms with E-state index in [-0.39, 0.29) is 17.9 Å². The van der Waals surface area contributed by atoms with E-state index < -0.39 is 17.8 Å². The number of benzene rings is 2. The van der Waals surface area contributed by atoms with Crippen molar-refractivity contribution in [1.29, 1.82) is 0 Å². The molecule has 2 aromatic carbocycles. The number of carbonyl (C=O) groups is 1. The van der Waals surface area contributed by atoms with E-state index in [1.165, 1.54) is 6.07 Å². The van der Waals surface area contributed by atoms with Gasteiger partial charge in [0.1, 0.15) is 0 Å². The number of hydrogen-bond acceptors (Lipinski definition) is 3. The van der Waals surface area contributed by atoms with E-state index in [0.717, 1.165) is 43.8 Å². The first kappa shape index (κ1) is 22.2. The molecule has 0 bridgehead atoms. The molecule has 0 spiro atoms. The third-order valence-corrected chi connectivity index (χ3v) is 5.49. The van der Waals surface area contributed by atoms with Crippen molar-refractivity contribution in [3.63, 3.8) is 0 Å². The van der Waals surface area contributed by atoms with Crippen molar-refractivity contribution in [3.05, 3.63) is 65.2 Å². The van der Waals surface area contributed by atoms with Crippen molar-refractivity contribution in [2.24, 2.45) is 5.92 Å². The first-order valence-corrected chi connectivity index (χ1v) is 10.2. The first-order chi connectivity index (χ1) is 14.1. The zero-order valence-corrected chi connectivity index (χ0v) is 17.1. The van der Waals surface area contributed by atoms with Crippen LogP contribution in [0.1, 0.15) is 54.2 Å². The third kappa shape index (κ3) is 5.33. The molecule has 0 saturated carbocycles. The number of hydrogen-bond donors (Lipinski definition) is 2. The molecule has 1 aliphatic rings. The van der Waals surface area contributed by atoms with Crippen LogP contribution >= 0.6 is 0 Å². The molecule has 2 aromatic rings. The highest BCUT2D eigenvalue weighted by Crippen LogP contribution is 2.32. The van der Waals surface area contributed by atoms with E-state index in [1.54, 1.807) is 18.2 Å². The summed E-state index contributed by atoms with van der Waals surface area (Å²) < 4.78 is 39.2. The van der Waals surface area contributed by atoms with Crippen LogP contribution in [0, 0.1) is 5.92 Å². The fourth-order valence-electron chi connectivity index (χ4n) is 3.72. The summed E-state index contributed by atoms with van der Waals surface area (Å²) >= 11 is 0. The van der Waals surface area contributed by atoms with Crippen LogP contribution in [0.3, 0.4) is 0 Å². The molecule has 1 atom stereocenters. The normalized spacial score (nSPS) is 16.6. The Morgan fingerprint density at radius 2 is 1.73 bits per heavy atom. The number of nitrogens with one attached hydrogen (secondary N) is 1. The highest BCUT2D eigenvalue weighted by atomic mass is 19.4. The van der Waals surface area contributed by atoms with Gasteiger partial charge in [-0.05, 0) is 60.7 Å². The number of aliphatic hydroxyl groups is 1. The molecular weight excluding hydrogens is 393 g/mol. The number of anilines is 1. The number of halogens is 3. The summed E-state index contributed by atoms with van der Waals surface area (Å²) in [5, 5.41) is 12.5. The molecule has 1 amide bonds. The number of carbonyl (C=O) groups excluding carboxylic acids is 1. The lowest BCUT2D eigenvalue weighted by Crippen LogP contribution is -2.35. The van der Waals surface area contributed by atoms with Crippen molar-refractivity contribution in [3.8, 4) is 0 Å². The second-order valence-electron chi connectivity index (χ2n) is 8.08. The van der Waals surface area contributed by atoms with E-state index in [4.69, 9.17) is 0 Å². The molecule has 1 fully saturated rings. The summed E-state index contributed by atoms with van der Waals surface area (Å²) in [6.07, 6.45) is -3.25. The molecule has 0 aliphatic carbocycles. The maximum atomic E-state index is 13.1. The van der Waals surface area contributed by atoms with Gasteiger partial charge in [0.2, 0.25) is 0 Å². The van der Waals surface area contributed by atoms with E-state index in [2.05, 4.69) is 10.2 Å². The maximum absolute atomic E-state index is 13.1. The van der Waals surface area contributed by atoms with Crippen molar-refractivity contribution in [2.45, 2.75) is 45.0 Å². The van der Waals surface area contributed by atoms with Gasteiger partial charge < -0.3 is 15.3 Å². The molecule has 30 heavy (non-hydrogen) atoms. The predicted molar refractivity (Wildman–Crippen MR) is 110 cm³/mol. The second kappa shape index (κ2) is 9.08. The van der Waals surface area contributed by atoms with Crippen LogP contribution < -0.4 is 10.2 Å². The minimum absolute atomic E-state index is 0.0866. The molecule has 1 aliphatic heterocycles. The summed E-state index contributed by atoms with van der Waals surface area (Å²) in [6, 6.07) is 11.7. The molecule has 3 rings (SSSR count). The minimum atomic E-state index is -4.43. The van der Waals surface area contributed by atoms with Gasteiger partial charge in [-0.2, -0.15) is 13.2 Å². The zero-order valence-electron chi connectivity index (χ0n) is 17.1. The van der Waals surface area contributed by atoms with Gasteiger partial charge in [-0.3, -0.25) is 4.79 Å². The predicted octanol–water partition coefficient (Wildman–Crippen LogP) is 4.79. The zero-order chi connectivity index (χ0) is 21.9. The van der Waals surface area contributed by atoms with Gasteiger partial charge in [0.25, 0.3) is 5.91 Å². The van der Waals surface area contributed by atoms with Crippen LogP contribution in [-0.4, -0.2) is 30.2 Å². The van der Waals surface area contributed by atoms with Crippen LogP contribution in [0.4, 0.5) is 18.9 Å². The quantitative estimate of drug-likeness (QED) is 0.731. The monoisotopic (exact) mass is 420 g/mol. The highest BCUT2D eigenvalue weighted by Gasteiger charge is 2.31. The van der Waals surface area contributed by atoms with E-state index in [1.807, 2.05) is 26.0 Å². The van der Waals surface area contributed by atoms with Gasteiger partial charge in [-0.1, -0.05) is 26.0 Å². The van der Waals surface area contributed by atoms with E-state index in [0.29, 0.717) is 11.1 Å². The molecule has 1 saturated heterocycles. The number of alkyl halides is 3. The van der Waals surface area contributed by atoms with Crippen LogP contribution in [0.25, 0.3) is 0 Å². The lowest BCUT2D eigenvalue weighted by Gasteiger charge is -2.31. The van der Waals surface area contributed by atoms with Crippen LogP contribution in [-0.2, 0) is 6.18 Å². The van der Waals surface area contributed by atoms with Crippen LogP contribution in [0.2, 0.25) is 0 Å². The molecule has 162 valence electrons. The molecule has 7 heteroatoms. The van der Waals surface area contributed by atoms with Crippen molar-refractivity contribution in [1.82, 2.24) is 5.32 Å². The van der Waals surface area contributed by atoms with E-state index >= 15 is 0 Å². The number of nitrogens with zero attached hydrogens (tertiary/aromatic N) is 1. The number of amides is 1. The minimum Gasteiger partial charge on any atom is -0.393 e. The highest BCUT2D eigenvalue weighted by molar-refractivity contribution is 5.94. The van der Waals surface area contributed by atoms with Gasteiger partial charge in [0.05, 0.1) is 17.7 Å². The van der Waals surface area contributed by atoms with Crippen molar-refractivity contribution >= 4 is 11.6 Å². The number of aliphatic hydroxyl groups excluding tert-OH is 1. The van der Waals surface area contributed by atoms with Gasteiger partial charge >= 0.3 is 6.18 Å². The third-order valence-electron chi connectivity index (χ3n) is 5.49. The standard InChI is InChI=1S/C23H27F3N2O2/c1-15(2)21(17-4-3-5-18(14-17)23(24,25)26)27-22(30)16-6-8-19(9-7-16)28-12-10-20(29)11-13-28/h3-9,14-15,20-21,29H,10-13H2,1-2H3,(H,27,30). The summed E-state index contributed by atoms with van der Waals surface area (Å²) in [6.45, 7) is 5.24. The molecule has 2 N–H and O–H groups in total. The molecule has 1 heterocycles. The Bertz CT molecular complexity index is 857. The Hall–Kier alpha value is -2.54. The summed E-state index contributed by atoms with van der Waals surface area (Å²) in [4.78, 5) is 14.9. The van der Waals surface area contributed by atoms with Gasteiger partial charge in [-0.15, -0.1) is 0 Å². The average Bonchev–Trinajstić information content (AvgIpc) is 2.72. The van der Waals surface area contributed by atoms with Gasteiger partial charge in [-0.25, -0.2) is 0 Å². The lowest BCUT2D eigenvalue weighted by molar-refractivity contribution is -0.137. The Morgan fingerprint density at radius 1 is 1.10 bits per heavy atom. The first-order valence-electron chi connectivity index (χ1n) is 10.2. The Balaban J connectivity index is 1.73. The molecule has 1 unspecified atom stereocenters. The second-order valence-corrected chi connectivity index (χ2v) is 8.08. The Kier molecular flexibility index (Phi) is 6.71. The average molecular weight is 420 g/mol. The fourth-order valence-corrected chi connectivity index (χ4v) is 3.72. The Morgan fingerprint density at radius 3 is 2.30 bits per heavy atom. The van der Waals surface area contributed by atoms with Crippen LogP contribution in [0.5, 0.6) is 0 Å². The maximum Gasteiger partial charge on any atom is 0.416 e. The number of piperidine rings is 1. The summed E-state index contributed by atoms with van der Waals surface area (Å²) in [5.41, 5.74) is 1.14. The smallest absolute Gasteiger partial charge is 0.393 e. The SMILES string of the molecule is CC(C)C(NC(=O)c1ccc(N2CCC(O)CC2)cc1)c1cccc(C(F)(F)F)c1. The van der Waals surface area contributed by atoms with Crippen molar-refractivity contribution < 1.29 is 23.1 Å². The van der Waals surface area contributed by atoms with Crippen molar-refractivity contribution in [2.75, 3.05) is 18.0 Å². The van der Waals surface area contributed by atoms with E-state index in [9.17, 15) is 23.1 Å². The molecule has 0 aromatic heterocycles. The van der Waals surface area contributed by atoms with Crippen LogP contribution in [0.15, 0.2) is 48.5 Å². The molecular formula is C23H27F3N2O2. The molecule has 0 radical (unpaired) electrons. The lowest BCUT2D eigenvalue weighted by atomic mass is 9.94.